The third kappa shape index (κ3) is 4.21. The van der Waals surface area contributed by atoms with Crippen molar-refractivity contribution in [1.29, 1.82) is 0 Å². The summed E-state index contributed by atoms with van der Waals surface area (Å²) in [5.74, 6) is 1.00. The molecule has 0 aromatic heterocycles. The van der Waals surface area contributed by atoms with Gasteiger partial charge in [-0.05, 0) is 31.4 Å². The minimum atomic E-state index is -0.0436. The van der Waals surface area contributed by atoms with Crippen LogP contribution in [0.1, 0.15) is 36.5 Å². The normalized spacial score (nSPS) is 14.0. The Kier molecular flexibility index (Phi) is 5.60. The number of hydrogen-bond acceptors (Lipinski definition) is 4. The summed E-state index contributed by atoms with van der Waals surface area (Å²) < 4.78 is 11.0. The molecular weight excluding hydrogens is 270 g/mol. The molecule has 0 radical (unpaired) electrons. The number of nitrogens with zero attached hydrogens (tertiary/aromatic N) is 1. The second-order valence-corrected chi connectivity index (χ2v) is 5.04. The van der Waals surface area contributed by atoms with Crippen molar-refractivity contribution in [3.8, 4) is 11.5 Å². The van der Waals surface area contributed by atoms with Crippen molar-refractivity contribution in [3.05, 3.63) is 23.8 Å². The second-order valence-electron chi connectivity index (χ2n) is 5.04. The first kappa shape index (κ1) is 15.4. The summed E-state index contributed by atoms with van der Waals surface area (Å²) in [5, 5.41) is 0. The zero-order chi connectivity index (χ0) is 15.1. The molecule has 0 unspecified atom stereocenters. The van der Waals surface area contributed by atoms with Crippen LogP contribution >= 0.6 is 0 Å². The van der Waals surface area contributed by atoms with Gasteiger partial charge in [-0.15, -0.1) is 0 Å². The van der Waals surface area contributed by atoms with Crippen LogP contribution in [-0.2, 0) is 4.79 Å². The summed E-state index contributed by atoms with van der Waals surface area (Å²) in [6.45, 7) is 4.17. The van der Waals surface area contributed by atoms with Crippen molar-refractivity contribution >= 4 is 12.2 Å². The molecule has 1 fully saturated rings. The van der Waals surface area contributed by atoms with Gasteiger partial charge in [0, 0.05) is 19.2 Å². The summed E-state index contributed by atoms with van der Waals surface area (Å²) in [7, 11) is 0. The predicted octanol–water partition coefficient (Wildman–Crippen LogP) is 2.29. The van der Waals surface area contributed by atoms with Gasteiger partial charge < -0.3 is 14.4 Å². The Bertz CT molecular complexity index is 495. The Labute approximate surface area is 124 Å². The average molecular weight is 291 g/mol. The largest absolute Gasteiger partial charge is 0.493 e. The molecule has 0 spiro atoms. The highest BCUT2D eigenvalue weighted by Gasteiger charge is 2.18. The maximum absolute atomic E-state index is 12.0. The average Bonchev–Trinajstić information content (AvgIpc) is 3.05. The number of ether oxygens (including phenoxy) is 2. The fraction of sp³-hybridized carbons (Fsp3) is 0.500. The smallest absolute Gasteiger partial charge is 0.260 e. The van der Waals surface area contributed by atoms with Gasteiger partial charge in [-0.25, -0.2) is 0 Å². The van der Waals surface area contributed by atoms with Crippen molar-refractivity contribution in [3.63, 3.8) is 0 Å². The number of aldehydes is 1. The van der Waals surface area contributed by atoms with Gasteiger partial charge in [0.05, 0.1) is 12.2 Å². The van der Waals surface area contributed by atoms with E-state index in [1.165, 1.54) is 0 Å². The minimum Gasteiger partial charge on any atom is -0.493 e. The van der Waals surface area contributed by atoms with E-state index in [4.69, 9.17) is 9.47 Å². The van der Waals surface area contributed by atoms with Crippen molar-refractivity contribution < 1.29 is 19.1 Å². The van der Waals surface area contributed by atoms with Gasteiger partial charge in [0.15, 0.2) is 12.9 Å². The fourth-order valence-corrected chi connectivity index (χ4v) is 2.24. The molecule has 0 aliphatic carbocycles. The van der Waals surface area contributed by atoms with Crippen LogP contribution in [0.3, 0.4) is 0 Å². The highest BCUT2D eigenvalue weighted by molar-refractivity contribution is 5.81. The highest BCUT2D eigenvalue weighted by Crippen LogP contribution is 2.24. The molecule has 1 saturated heterocycles. The standard InChI is InChI=1S/C16H21NO4/c1-2-9-20-14-6-5-13(11-18)15(10-14)21-12-16(19)17-7-3-4-8-17/h5-6,10-11H,2-4,7-9,12H2,1H3. The minimum absolute atomic E-state index is 0.0378. The molecule has 0 N–H and O–H groups in total. The summed E-state index contributed by atoms with van der Waals surface area (Å²) in [6.07, 6.45) is 3.72. The van der Waals surface area contributed by atoms with E-state index < -0.39 is 0 Å². The summed E-state index contributed by atoms with van der Waals surface area (Å²) in [6, 6.07) is 5.04. The van der Waals surface area contributed by atoms with E-state index in [1.54, 1.807) is 23.1 Å². The van der Waals surface area contributed by atoms with Gasteiger partial charge >= 0.3 is 0 Å². The predicted molar refractivity (Wildman–Crippen MR) is 78.9 cm³/mol. The van der Waals surface area contributed by atoms with Crippen LogP contribution in [0.4, 0.5) is 0 Å². The number of rotatable bonds is 7. The van der Waals surface area contributed by atoms with Crippen molar-refractivity contribution in [2.45, 2.75) is 26.2 Å². The van der Waals surface area contributed by atoms with Crippen LogP contribution in [0.25, 0.3) is 0 Å². The topological polar surface area (TPSA) is 55.8 Å². The first-order valence-corrected chi connectivity index (χ1v) is 7.37. The van der Waals surface area contributed by atoms with Crippen molar-refractivity contribution in [2.75, 3.05) is 26.3 Å². The molecule has 1 aromatic rings. The first-order valence-electron chi connectivity index (χ1n) is 7.37. The maximum atomic E-state index is 12.0. The lowest BCUT2D eigenvalue weighted by Crippen LogP contribution is -2.32. The van der Waals surface area contributed by atoms with E-state index in [0.29, 0.717) is 23.7 Å². The lowest BCUT2D eigenvalue weighted by Gasteiger charge is -2.16. The Hall–Kier alpha value is -2.04. The van der Waals surface area contributed by atoms with Gasteiger partial charge in [0.1, 0.15) is 11.5 Å². The van der Waals surface area contributed by atoms with E-state index in [2.05, 4.69) is 0 Å². The molecule has 5 heteroatoms. The van der Waals surface area contributed by atoms with Gasteiger partial charge in [0.2, 0.25) is 0 Å². The van der Waals surface area contributed by atoms with Crippen LogP contribution in [-0.4, -0.2) is 43.4 Å². The monoisotopic (exact) mass is 291 g/mol. The lowest BCUT2D eigenvalue weighted by molar-refractivity contribution is -0.132. The molecule has 114 valence electrons. The fourth-order valence-electron chi connectivity index (χ4n) is 2.24. The molecular formula is C16H21NO4. The molecule has 21 heavy (non-hydrogen) atoms. The van der Waals surface area contributed by atoms with Gasteiger partial charge in [-0.3, -0.25) is 9.59 Å². The summed E-state index contributed by atoms with van der Waals surface area (Å²) in [5.41, 5.74) is 0.424. The molecule has 1 heterocycles. The Balaban J connectivity index is 1.99. The Morgan fingerprint density at radius 1 is 1.29 bits per heavy atom. The van der Waals surface area contributed by atoms with E-state index in [-0.39, 0.29) is 12.5 Å². The van der Waals surface area contributed by atoms with Crippen LogP contribution in [0.5, 0.6) is 11.5 Å². The van der Waals surface area contributed by atoms with Gasteiger partial charge in [0.25, 0.3) is 5.91 Å². The highest BCUT2D eigenvalue weighted by atomic mass is 16.5. The number of hydrogen-bond donors (Lipinski definition) is 0. The number of likely N-dealkylation sites (tertiary alicyclic amines) is 1. The lowest BCUT2D eigenvalue weighted by atomic mass is 10.2. The number of carbonyl (C=O) groups is 2. The Morgan fingerprint density at radius 3 is 2.71 bits per heavy atom. The Morgan fingerprint density at radius 2 is 2.05 bits per heavy atom. The zero-order valence-corrected chi connectivity index (χ0v) is 12.3. The molecule has 5 nitrogen and oxygen atoms in total. The van der Waals surface area contributed by atoms with Crippen LogP contribution in [0.15, 0.2) is 18.2 Å². The third-order valence-corrected chi connectivity index (χ3v) is 3.39. The van der Waals surface area contributed by atoms with Crippen LogP contribution in [0.2, 0.25) is 0 Å². The number of amides is 1. The summed E-state index contributed by atoms with van der Waals surface area (Å²) >= 11 is 0. The van der Waals surface area contributed by atoms with Crippen molar-refractivity contribution in [1.82, 2.24) is 4.90 Å². The quantitative estimate of drug-likeness (QED) is 0.723. The molecule has 1 amide bonds. The number of carbonyl (C=O) groups excluding carboxylic acids is 2. The van der Waals surface area contributed by atoms with E-state index in [0.717, 1.165) is 38.6 Å². The van der Waals surface area contributed by atoms with Gasteiger partial charge in [-0.2, -0.15) is 0 Å². The molecule has 2 rings (SSSR count). The first-order chi connectivity index (χ1) is 10.2. The van der Waals surface area contributed by atoms with Crippen LogP contribution in [0, 0.1) is 0 Å². The SMILES string of the molecule is CCCOc1ccc(C=O)c(OCC(=O)N2CCCC2)c1. The maximum Gasteiger partial charge on any atom is 0.260 e. The molecule has 0 saturated carbocycles. The van der Waals surface area contributed by atoms with E-state index in [9.17, 15) is 9.59 Å². The molecule has 1 aromatic carbocycles. The second kappa shape index (κ2) is 7.67. The molecule has 1 aliphatic heterocycles. The third-order valence-electron chi connectivity index (χ3n) is 3.39. The van der Waals surface area contributed by atoms with Gasteiger partial charge in [-0.1, -0.05) is 6.92 Å². The van der Waals surface area contributed by atoms with E-state index in [1.807, 2.05) is 6.92 Å². The van der Waals surface area contributed by atoms with Crippen molar-refractivity contribution in [2.24, 2.45) is 0 Å². The molecule has 0 bridgehead atoms. The number of benzene rings is 1. The van der Waals surface area contributed by atoms with Crippen LogP contribution < -0.4 is 9.47 Å². The molecule has 0 atom stereocenters. The molecule has 1 aliphatic rings. The summed E-state index contributed by atoms with van der Waals surface area (Å²) in [4.78, 5) is 24.8. The zero-order valence-electron chi connectivity index (χ0n) is 12.3. The van der Waals surface area contributed by atoms with E-state index >= 15 is 0 Å².